The van der Waals surface area contributed by atoms with Crippen molar-refractivity contribution in [1.29, 1.82) is 0 Å². The van der Waals surface area contributed by atoms with Crippen molar-refractivity contribution >= 4 is 23.3 Å². The standard InChI is InChI=1S/C13H24O2S/c1-4-6-7-8-16-10-12(9-11(3)14)13(15)5-2/h12H,4-10H2,1-3H3. The van der Waals surface area contributed by atoms with Gasteiger partial charge in [0.15, 0.2) is 0 Å². The number of unbranched alkanes of at least 4 members (excludes halogenated alkanes) is 2. The van der Waals surface area contributed by atoms with E-state index >= 15 is 0 Å². The van der Waals surface area contributed by atoms with Crippen molar-refractivity contribution in [2.75, 3.05) is 11.5 Å². The molecule has 0 rings (SSSR count). The molecule has 0 heterocycles. The molecule has 0 saturated heterocycles. The van der Waals surface area contributed by atoms with E-state index < -0.39 is 0 Å². The first-order valence-electron chi connectivity index (χ1n) is 6.21. The van der Waals surface area contributed by atoms with Crippen LogP contribution in [0.1, 0.15) is 52.9 Å². The Kier molecular flexibility index (Phi) is 9.69. The molecule has 0 N–H and O–H groups in total. The Morgan fingerprint density at radius 2 is 1.88 bits per heavy atom. The summed E-state index contributed by atoms with van der Waals surface area (Å²) in [7, 11) is 0. The van der Waals surface area contributed by atoms with Crippen LogP contribution in [0.25, 0.3) is 0 Å². The van der Waals surface area contributed by atoms with E-state index in [1.54, 1.807) is 6.92 Å². The Morgan fingerprint density at radius 3 is 2.38 bits per heavy atom. The highest BCUT2D eigenvalue weighted by Crippen LogP contribution is 2.17. The Morgan fingerprint density at radius 1 is 1.19 bits per heavy atom. The zero-order valence-electron chi connectivity index (χ0n) is 10.8. The molecule has 16 heavy (non-hydrogen) atoms. The number of carbonyl (C=O) groups is 2. The van der Waals surface area contributed by atoms with E-state index in [2.05, 4.69) is 6.92 Å². The first-order valence-corrected chi connectivity index (χ1v) is 7.37. The Labute approximate surface area is 104 Å². The summed E-state index contributed by atoms with van der Waals surface area (Å²) in [4.78, 5) is 22.7. The Balaban J connectivity index is 3.83. The maximum Gasteiger partial charge on any atom is 0.136 e. The molecule has 0 aliphatic rings. The van der Waals surface area contributed by atoms with E-state index in [-0.39, 0.29) is 17.5 Å². The summed E-state index contributed by atoms with van der Waals surface area (Å²) in [6, 6.07) is 0. The molecule has 0 bridgehead atoms. The monoisotopic (exact) mass is 244 g/mol. The summed E-state index contributed by atoms with van der Waals surface area (Å²) in [5.41, 5.74) is 0. The zero-order valence-corrected chi connectivity index (χ0v) is 11.6. The van der Waals surface area contributed by atoms with Gasteiger partial charge in [-0.25, -0.2) is 0 Å². The third kappa shape index (κ3) is 7.91. The smallest absolute Gasteiger partial charge is 0.136 e. The molecule has 0 aliphatic heterocycles. The van der Waals surface area contributed by atoms with Crippen LogP contribution in [0, 0.1) is 5.92 Å². The molecule has 0 saturated carbocycles. The Hall–Kier alpha value is -0.310. The van der Waals surface area contributed by atoms with E-state index in [4.69, 9.17) is 0 Å². The minimum absolute atomic E-state index is 0.0471. The maximum atomic E-state index is 11.6. The number of ketones is 2. The summed E-state index contributed by atoms with van der Waals surface area (Å²) >= 11 is 1.81. The molecule has 0 radical (unpaired) electrons. The van der Waals surface area contributed by atoms with E-state index in [0.29, 0.717) is 12.8 Å². The number of Topliss-reactive ketones (excluding diaryl/α,β-unsaturated/α-hetero) is 2. The van der Waals surface area contributed by atoms with Gasteiger partial charge in [0.2, 0.25) is 0 Å². The minimum Gasteiger partial charge on any atom is -0.300 e. The van der Waals surface area contributed by atoms with Gasteiger partial charge in [0.1, 0.15) is 11.6 Å². The molecular formula is C13H24O2S. The van der Waals surface area contributed by atoms with Gasteiger partial charge < -0.3 is 4.79 Å². The van der Waals surface area contributed by atoms with Crippen molar-refractivity contribution in [3.8, 4) is 0 Å². The van der Waals surface area contributed by atoms with Gasteiger partial charge in [0.25, 0.3) is 0 Å². The molecule has 3 heteroatoms. The van der Waals surface area contributed by atoms with Crippen LogP contribution < -0.4 is 0 Å². The number of hydrogen-bond donors (Lipinski definition) is 0. The van der Waals surface area contributed by atoms with Crippen molar-refractivity contribution < 1.29 is 9.59 Å². The highest BCUT2D eigenvalue weighted by Gasteiger charge is 2.18. The number of carbonyl (C=O) groups excluding carboxylic acids is 2. The topological polar surface area (TPSA) is 34.1 Å². The molecule has 0 fully saturated rings. The fourth-order valence-electron chi connectivity index (χ4n) is 1.58. The first-order chi connectivity index (χ1) is 7.61. The molecular weight excluding hydrogens is 220 g/mol. The molecule has 0 spiro atoms. The Bertz CT molecular complexity index is 214. The minimum atomic E-state index is -0.0471. The highest BCUT2D eigenvalue weighted by molar-refractivity contribution is 7.99. The van der Waals surface area contributed by atoms with Crippen molar-refractivity contribution in [2.24, 2.45) is 5.92 Å². The lowest BCUT2D eigenvalue weighted by atomic mass is 9.99. The molecule has 0 aromatic carbocycles. The summed E-state index contributed by atoms with van der Waals surface area (Å²) in [6.45, 7) is 5.62. The molecule has 0 aliphatic carbocycles. The van der Waals surface area contributed by atoms with Crippen LogP contribution in [0.15, 0.2) is 0 Å². The third-order valence-corrected chi connectivity index (χ3v) is 3.76. The van der Waals surface area contributed by atoms with Crippen LogP contribution in [-0.2, 0) is 9.59 Å². The van der Waals surface area contributed by atoms with E-state index in [0.717, 1.165) is 11.5 Å². The molecule has 0 aromatic heterocycles. The highest BCUT2D eigenvalue weighted by atomic mass is 32.2. The molecule has 2 nitrogen and oxygen atoms in total. The van der Waals surface area contributed by atoms with Gasteiger partial charge >= 0.3 is 0 Å². The molecule has 94 valence electrons. The normalized spacial score (nSPS) is 12.4. The first kappa shape index (κ1) is 15.7. The fraction of sp³-hybridized carbons (Fsp3) is 0.846. The lowest BCUT2D eigenvalue weighted by Gasteiger charge is -2.12. The van der Waals surface area contributed by atoms with Gasteiger partial charge in [-0.05, 0) is 19.1 Å². The van der Waals surface area contributed by atoms with E-state index in [1.807, 2.05) is 18.7 Å². The van der Waals surface area contributed by atoms with Gasteiger partial charge in [0, 0.05) is 24.5 Å². The summed E-state index contributed by atoms with van der Waals surface area (Å²) in [6.07, 6.45) is 4.67. The molecule has 0 aromatic rings. The molecule has 1 unspecified atom stereocenters. The lowest BCUT2D eigenvalue weighted by molar-refractivity contribution is -0.126. The van der Waals surface area contributed by atoms with Crippen LogP contribution in [0.4, 0.5) is 0 Å². The second-order valence-corrected chi connectivity index (χ2v) is 5.35. The fourth-order valence-corrected chi connectivity index (χ4v) is 2.74. The number of hydrogen-bond acceptors (Lipinski definition) is 3. The maximum absolute atomic E-state index is 11.6. The van der Waals surface area contributed by atoms with Crippen LogP contribution in [0.5, 0.6) is 0 Å². The van der Waals surface area contributed by atoms with E-state index in [1.165, 1.54) is 19.3 Å². The second-order valence-electron chi connectivity index (χ2n) is 4.20. The zero-order chi connectivity index (χ0) is 12.4. The summed E-state index contributed by atoms with van der Waals surface area (Å²) in [5.74, 6) is 2.24. The summed E-state index contributed by atoms with van der Waals surface area (Å²) < 4.78 is 0. The van der Waals surface area contributed by atoms with Crippen LogP contribution >= 0.6 is 11.8 Å². The van der Waals surface area contributed by atoms with Gasteiger partial charge in [-0.15, -0.1) is 0 Å². The van der Waals surface area contributed by atoms with Gasteiger partial charge in [-0.1, -0.05) is 26.7 Å². The number of rotatable bonds is 10. The largest absolute Gasteiger partial charge is 0.300 e. The quantitative estimate of drug-likeness (QED) is 0.552. The van der Waals surface area contributed by atoms with Crippen molar-refractivity contribution in [1.82, 2.24) is 0 Å². The van der Waals surface area contributed by atoms with Gasteiger partial charge in [-0.2, -0.15) is 11.8 Å². The molecule has 0 amide bonds. The third-order valence-electron chi connectivity index (χ3n) is 2.55. The average molecular weight is 244 g/mol. The van der Waals surface area contributed by atoms with Crippen LogP contribution in [-0.4, -0.2) is 23.1 Å². The predicted octanol–water partition coefficient (Wildman–Crippen LogP) is 3.48. The predicted molar refractivity (Wildman–Crippen MR) is 70.9 cm³/mol. The molecule has 1 atom stereocenters. The van der Waals surface area contributed by atoms with E-state index in [9.17, 15) is 9.59 Å². The average Bonchev–Trinajstić information content (AvgIpc) is 2.25. The van der Waals surface area contributed by atoms with Crippen molar-refractivity contribution in [3.05, 3.63) is 0 Å². The lowest BCUT2D eigenvalue weighted by Crippen LogP contribution is -2.19. The van der Waals surface area contributed by atoms with Crippen molar-refractivity contribution in [3.63, 3.8) is 0 Å². The van der Waals surface area contributed by atoms with Crippen LogP contribution in [0.2, 0.25) is 0 Å². The van der Waals surface area contributed by atoms with Gasteiger partial charge in [-0.3, -0.25) is 4.79 Å². The summed E-state index contributed by atoms with van der Waals surface area (Å²) in [5, 5.41) is 0. The van der Waals surface area contributed by atoms with Crippen LogP contribution in [0.3, 0.4) is 0 Å². The second kappa shape index (κ2) is 9.88. The number of thioether (sulfide) groups is 1. The van der Waals surface area contributed by atoms with Gasteiger partial charge in [0.05, 0.1) is 0 Å². The van der Waals surface area contributed by atoms with Crippen molar-refractivity contribution in [2.45, 2.75) is 52.9 Å². The SMILES string of the molecule is CCCCCSCC(CC(C)=O)C(=O)CC.